The highest BCUT2D eigenvalue weighted by atomic mass is 32.2. The first-order valence-electron chi connectivity index (χ1n) is 6.17. The molecule has 0 aliphatic carbocycles. The van der Waals surface area contributed by atoms with Gasteiger partial charge in [-0.25, -0.2) is 4.39 Å². The third kappa shape index (κ3) is 4.90. The van der Waals surface area contributed by atoms with Crippen LogP contribution in [0.3, 0.4) is 0 Å². The Morgan fingerprint density at radius 3 is 2.52 bits per heavy atom. The first kappa shape index (κ1) is 15.6. The Balaban J connectivity index is 2.01. The van der Waals surface area contributed by atoms with E-state index in [4.69, 9.17) is 0 Å². The van der Waals surface area contributed by atoms with Crippen LogP contribution in [0.15, 0.2) is 48.5 Å². The minimum atomic E-state index is -2.90. The molecule has 1 atom stereocenters. The second kappa shape index (κ2) is 7.26. The Labute approximate surface area is 123 Å². The van der Waals surface area contributed by atoms with E-state index in [1.165, 1.54) is 18.2 Å². The summed E-state index contributed by atoms with van der Waals surface area (Å²) in [4.78, 5) is 0. The minimum Gasteiger partial charge on any atom is -0.435 e. The van der Waals surface area contributed by atoms with Gasteiger partial charge in [0.1, 0.15) is 11.6 Å². The van der Waals surface area contributed by atoms with Gasteiger partial charge in [-0.1, -0.05) is 30.3 Å². The summed E-state index contributed by atoms with van der Waals surface area (Å²) >= 11 is 0. The summed E-state index contributed by atoms with van der Waals surface area (Å²) in [5.74, 6) is -0.160. The van der Waals surface area contributed by atoms with E-state index in [1.807, 2.05) is 0 Å². The second-order valence-corrected chi connectivity index (χ2v) is 5.80. The van der Waals surface area contributed by atoms with E-state index in [2.05, 4.69) is 4.74 Å². The van der Waals surface area contributed by atoms with Crippen molar-refractivity contribution in [3.63, 3.8) is 0 Å². The molecule has 1 unspecified atom stereocenters. The summed E-state index contributed by atoms with van der Waals surface area (Å²) in [7, 11) is -1.34. The molecule has 0 heterocycles. The summed E-state index contributed by atoms with van der Waals surface area (Å²) in [6.07, 6.45) is 0. The molecule has 2 nitrogen and oxygen atoms in total. The first-order chi connectivity index (χ1) is 10.0. The molecule has 0 aliphatic heterocycles. The zero-order valence-corrected chi connectivity index (χ0v) is 11.8. The number of rotatable bonds is 6. The average Bonchev–Trinajstić information content (AvgIpc) is 2.41. The number of alkyl halides is 2. The highest BCUT2D eigenvalue weighted by molar-refractivity contribution is 7.83. The molecule has 0 saturated heterocycles. The van der Waals surface area contributed by atoms with Crippen LogP contribution in [0, 0.1) is 5.82 Å². The largest absolute Gasteiger partial charge is 0.435 e. The van der Waals surface area contributed by atoms with Gasteiger partial charge in [0, 0.05) is 22.1 Å². The van der Waals surface area contributed by atoms with Crippen LogP contribution >= 0.6 is 0 Å². The zero-order chi connectivity index (χ0) is 15.2. The number of hydrogen-bond donors (Lipinski definition) is 0. The van der Waals surface area contributed by atoms with Gasteiger partial charge in [0.15, 0.2) is 0 Å². The van der Waals surface area contributed by atoms with Crippen molar-refractivity contribution in [2.75, 3.05) is 0 Å². The van der Waals surface area contributed by atoms with Gasteiger partial charge in [0.05, 0.1) is 5.75 Å². The summed E-state index contributed by atoms with van der Waals surface area (Å²) in [5, 5.41) is 0. The summed E-state index contributed by atoms with van der Waals surface area (Å²) in [5.41, 5.74) is 0.971. The van der Waals surface area contributed by atoms with Crippen molar-refractivity contribution in [1.82, 2.24) is 0 Å². The third-order valence-corrected chi connectivity index (χ3v) is 4.01. The molecule has 0 bridgehead atoms. The van der Waals surface area contributed by atoms with Crippen molar-refractivity contribution in [2.45, 2.75) is 18.1 Å². The monoisotopic (exact) mass is 314 g/mol. The van der Waals surface area contributed by atoms with E-state index in [0.29, 0.717) is 11.1 Å². The lowest BCUT2D eigenvalue weighted by Gasteiger charge is -2.07. The van der Waals surface area contributed by atoms with E-state index in [-0.39, 0.29) is 17.3 Å². The number of ether oxygens (including phenoxy) is 1. The molecule has 2 aromatic rings. The van der Waals surface area contributed by atoms with Gasteiger partial charge in [0.25, 0.3) is 0 Å². The molecule has 21 heavy (non-hydrogen) atoms. The fraction of sp³-hybridized carbons (Fsp3) is 0.200. The van der Waals surface area contributed by atoms with E-state index in [0.717, 1.165) is 0 Å². The van der Waals surface area contributed by atoms with Crippen molar-refractivity contribution >= 4 is 10.8 Å². The average molecular weight is 314 g/mol. The molecule has 0 aliphatic rings. The molecule has 0 aromatic heterocycles. The smallest absolute Gasteiger partial charge is 0.387 e. The molecule has 2 aromatic carbocycles. The van der Waals surface area contributed by atoms with Crippen LogP contribution in [0.5, 0.6) is 5.75 Å². The minimum absolute atomic E-state index is 0.0189. The van der Waals surface area contributed by atoms with E-state index < -0.39 is 23.2 Å². The molecule has 0 saturated carbocycles. The van der Waals surface area contributed by atoms with E-state index >= 15 is 0 Å². The molecule has 0 spiro atoms. The third-order valence-electron chi connectivity index (χ3n) is 2.73. The van der Waals surface area contributed by atoms with Crippen molar-refractivity contribution in [3.05, 3.63) is 65.5 Å². The van der Waals surface area contributed by atoms with Gasteiger partial charge in [-0.05, 0) is 23.8 Å². The topological polar surface area (TPSA) is 26.3 Å². The molecular formula is C15H13F3O2S. The van der Waals surface area contributed by atoms with E-state index in [1.54, 1.807) is 30.3 Å². The van der Waals surface area contributed by atoms with Crippen molar-refractivity contribution < 1.29 is 22.1 Å². The Morgan fingerprint density at radius 2 is 1.81 bits per heavy atom. The molecule has 6 heteroatoms. The van der Waals surface area contributed by atoms with Crippen LogP contribution in [-0.4, -0.2) is 10.8 Å². The van der Waals surface area contributed by atoms with Gasteiger partial charge >= 0.3 is 6.61 Å². The SMILES string of the molecule is O=S(Cc1cccc(OC(F)F)c1)Cc1ccccc1F. The predicted molar refractivity (Wildman–Crippen MR) is 75.0 cm³/mol. The van der Waals surface area contributed by atoms with Gasteiger partial charge in [-0.3, -0.25) is 4.21 Å². The van der Waals surface area contributed by atoms with Crippen LogP contribution in [0.2, 0.25) is 0 Å². The second-order valence-electron chi connectivity index (χ2n) is 4.35. The fourth-order valence-electron chi connectivity index (χ4n) is 1.84. The van der Waals surface area contributed by atoms with Gasteiger partial charge in [-0.2, -0.15) is 8.78 Å². The maximum atomic E-state index is 13.5. The Morgan fingerprint density at radius 1 is 1.05 bits per heavy atom. The van der Waals surface area contributed by atoms with Gasteiger partial charge < -0.3 is 4.74 Å². The maximum absolute atomic E-state index is 13.5. The highest BCUT2D eigenvalue weighted by Crippen LogP contribution is 2.18. The lowest BCUT2D eigenvalue weighted by molar-refractivity contribution is -0.0498. The number of halogens is 3. The summed E-state index contributed by atoms with van der Waals surface area (Å²) in [6.45, 7) is -2.90. The number of hydrogen-bond acceptors (Lipinski definition) is 2. The van der Waals surface area contributed by atoms with Crippen LogP contribution in [-0.2, 0) is 22.3 Å². The van der Waals surface area contributed by atoms with Crippen LogP contribution in [0.4, 0.5) is 13.2 Å². The molecule has 112 valence electrons. The van der Waals surface area contributed by atoms with E-state index in [9.17, 15) is 17.4 Å². The molecule has 0 fully saturated rings. The zero-order valence-electron chi connectivity index (χ0n) is 11.0. The van der Waals surface area contributed by atoms with Crippen LogP contribution in [0.25, 0.3) is 0 Å². The van der Waals surface area contributed by atoms with Gasteiger partial charge in [-0.15, -0.1) is 0 Å². The molecule has 2 rings (SSSR count). The molecule has 0 amide bonds. The summed E-state index contributed by atoms with van der Waals surface area (Å²) < 4.78 is 54.0. The highest BCUT2D eigenvalue weighted by Gasteiger charge is 2.09. The van der Waals surface area contributed by atoms with Crippen LogP contribution in [0.1, 0.15) is 11.1 Å². The molecule has 0 radical (unpaired) electrons. The molecular weight excluding hydrogens is 301 g/mol. The summed E-state index contributed by atoms with van der Waals surface area (Å²) in [6, 6.07) is 12.1. The standard InChI is InChI=1S/C15H13F3O2S/c16-14-7-2-1-5-12(14)10-21(19)9-11-4-3-6-13(8-11)20-15(17)18/h1-8,15H,9-10H2. The maximum Gasteiger partial charge on any atom is 0.387 e. The Hall–Kier alpha value is -1.82. The lowest BCUT2D eigenvalue weighted by Crippen LogP contribution is -2.04. The van der Waals surface area contributed by atoms with Crippen LogP contribution < -0.4 is 4.74 Å². The predicted octanol–water partition coefficient (Wildman–Crippen LogP) is 3.88. The quantitative estimate of drug-likeness (QED) is 0.809. The normalized spacial score (nSPS) is 12.4. The first-order valence-corrected chi connectivity index (χ1v) is 7.65. The molecule has 0 N–H and O–H groups in total. The lowest BCUT2D eigenvalue weighted by atomic mass is 10.2. The van der Waals surface area contributed by atoms with Crippen molar-refractivity contribution in [1.29, 1.82) is 0 Å². The van der Waals surface area contributed by atoms with Gasteiger partial charge in [0.2, 0.25) is 0 Å². The fourth-order valence-corrected chi connectivity index (χ4v) is 3.07. The Kier molecular flexibility index (Phi) is 5.38. The van der Waals surface area contributed by atoms with Crippen molar-refractivity contribution in [2.24, 2.45) is 0 Å². The Bertz CT molecular complexity index is 632. The van der Waals surface area contributed by atoms with Crippen molar-refractivity contribution in [3.8, 4) is 5.75 Å². The number of benzene rings is 2.